The van der Waals surface area contributed by atoms with Crippen molar-refractivity contribution in [2.24, 2.45) is 5.92 Å². The summed E-state index contributed by atoms with van der Waals surface area (Å²) in [5.74, 6) is 2.95. The van der Waals surface area contributed by atoms with Crippen LogP contribution in [0.3, 0.4) is 0 Å². The summed E-state index contributed by atoms with van der Waals surface area (Å²) in [4.78, 5) is 4.37. The van der Waals surface area contributed by atoms with Crippen molar-refractivity contribution in [3.8, 4) is 0 Å². The maximum absolute atomic E-state index is 4.37. The lowest BCUT2D eigenvalue weighted by atomic mass is 10.0. The number of hydrogen-bond acceptors (Lipinski definition) is 5. The highest BCUT2D eigenvalue weighted by molar-refractivity contribution is 8.00. The second-order valence-corrected chi connectivity index (χ2v) is 6.42. The summed E-state index contributed by atoms with van der Waals surface area (Å²) >= 11 is 3.38. The molecule has 0 amide bonds. The van der Waals surface area contributed by atoms with Crippen LogP contribution in [0.2, 0.25) is 0 Å². The highest BCUT2D eigenvalue weighted by atomic mass is 32.2. The molecule has 5 heteroatoms. The van der Waals surface area contributed by atoms with Crippen LogP contribution in [0.4, 0.5) is 0 Å². The van der Waals surface area contributed by atoms with Crippen molar-refractivity contribution in [2.45, 2.75) is 43.0 Å². The number of rotatable bonds is 5. The zero-order valence-electron chi connectivity index (χ0n) is 9.90. The first-order chi connectivity index (χ1) is 7.79. The molecule has 0 saturated heterocycles. The van der Waals surface area contributed by atoms with Crippen LogP contribution >= 0.6 is 23.3 Å². The second-order valence-electron chi connectivity index (χ2n) is 4.33. The van der Waals surface area contributed by atoms with Crippen molar-refractivity contribution in [3.63, 3.8) is 0 Å². The molecule has 2 atom stereocenters. The molecular weight excluding hydrogens is 238 g/mol. The first kappa shape index (κ1) is 12.3. The van der Waals surface area contributed by atoms with Crippen molar-refractivity contribution >= 4 is 23.3 Å². The topological polar surface area (TPSA) is 37.8 Å². The summed E-state index contributed by atoms with van der Waals surface area (Å²) < 4.78 is 5.32. The molecule has 1 saturated carbocycles. The molecule has 1 fully saturated rings. The zero-order chi connectivity index (χ0) is 11.4. The lowest BCUT2D eigenvalue weighted by Gasteiger charge is -2.17. The van der Waals surface area contributed by atoms with Crippen molar-refractivity contribution in [1.29, 1.82) is 0 Å². The highest BCUT2D eigenvalue weighted by Crippen LogP contribution is 2.31. The quantitative estimate of drug-likeness (QED) is 0.823. The molecule has 1 aromatic heterocycles. The Morgan fingerprint density at radius 3 is 3.06 bits per heavy atom. The van der Waals surface area contributed by atoms with E-state index in [1.807, 2.05) is 18.7 Å². The SMILES string of the molecule is CNC1CCCC1CCSc1nc(C)ns1. The van der Waals surface area contributed by atoms with Gasteiger partial charge in [-0.3, -0.25) is 0 Å². The lowest BCUT2D eigenvalue weighted by Crippen LogP contribution is -2.29. The van der Waals surface area contributed by atoms with E-state index in [2.05, 4.69) is 21.7 Å². The minimum Gasteiger partial charge on any atom is -0.317 e. The molecule has 0 aromatic carbocycles. The molecular formula is C11H19N3S2. The third-order valence-electron chi connectivity index (χ3n) is 3.25. The molecule has 1 aliphatic rings. The molecule has 1 heterocycles. The van der Waals surface area contributed by atoms with E-state index >= 15 is 0 Å². The average Bonchev–Trinajstić information content (AvgIpc) is 2.87. The van der Waals surface area contributed by atoms with Gasteiger partial charge in [-0.15, -0.1) is 0 Å². The monoisotopic (exact) mass is 257 g/mol. The predicted molar refractivity (Wildman–Crippen MR) is 70.2 cm³/mol. The fraction of sp³-hybridized carbons (Fsp3) is 0.818. The molecule has 2 unspecified atom stereocenters. The highest BCUT2D eigenvalue weighted by Gasteiger charge is 2.25. The van der Waals surface area contributed by atoms with Crippen LogP contribution in [0, 0.1) is 12.8 Å². The van der Waals surface area contributed by atoms with Gasteiger partial charge in [-0.1, -0.05) is 18.2 Å². The van der Waals surface area contributed by atoms with Crippen LogP contribution in [0.5, 0.6) is 0 Å². The van der Waals surface area contributed by atoms with Gasteiger partial charge in [-0.05, 0) is 50.7 Å². The molecule has 16 heavy (non-hydrogen) atoms. The normalized spacial score (nSPS) is 25.1. The molecule has 0 aliphatic heterocycles. The molecule has 0 bridgehead atoms. The van der Waals surface area contributed by atoms with Crippen LogP contribution in [0.1, 0.15) is 31.5 Å². The van der Waals surface area contributed by atoms with Crippen molar-refractivity contribution in [1.82, 2.24) is 14.7 Å². The minimum atomic E-state index is 0.747. The largest absolute Gasteiger partial charge is 0.317 e. The molecule has 0 spiro atoms. The smallest absolute Gasteiger partial charge is 0.170 e. The third-order valence-corrected chi connectivity index (χ3v) is 5.21. The number of nitrogens with one attached hydrogen (secondary N) is 1. The van der Waals surface area contributed by atoms with Crippen molar-refractivity contribution in [2.75, 3.05) is 12.8 Å². The Morgan fingerprint density at radius 2 is 2.38 bits per heavy atom. The van der Waals surface area contributed by atoms with Crippen LogP contribution in [-0.2, 0) is 0 Å². The second kappa shape index (κ2) is 5.98. The van der Waals surface area contributed by atoms with Crippen LogP contribution in [-0.4, -0.2) is 28.2 Å². The van der Waals surface area contributed by atoms with Gasteiger partial charge in [0.2, 0.25) is 0 Å². The van der Waals surface area contributed by atoms with E-state index in [1.165, 1.54) is 43.0 Å². The van der Waals surface area contributed by atoms with Gasteiger partial charge in [0.05, 0.1) is 0 Å². The van der Waals surface area contributed by atoms with E-state index in [9.17, 15) is 0 Å². The maximum atomic E-state index is 4.37. The number of nitrogens with zero attached hydrogens (tertiary/aromatic N) is 2. The number of hydrogen-bond donors (Lipinski definition) is 1. The van der Waals surface area contributed by atoms with Crippen molar-refractivity contribution < 1.29 is 0 Å². The fourth-order valence-corrected chi connectivity index (χ4v) is 4.19. The Labute approximate surface area is 106 Å². The van der Waals surface area contributed by atoms with Gasteiger partial charge in [0.1, 0.15) is 5.82 Å². The molecule has 3 nitrogen and oxygen atoms in total. The van der Waals surface area contributed by atoms with Crippen LogP contribution < -0.4 is 5.32 Å². The van der Waals surface area contributed by atoms with Gasteiger partial charge in [0, 0.05) is 11.8 Å². The van der Waals surface area contributed by atoms with Gasteiger partial charge in [-0.25, -0.2) is 4.98 Å². The van der Waals surface area contributed by atoms with Crippen molar-refractivity contribution in [3.05, 3.63) is 5.82 Å². The number of aryl methyl sites for hydroxylation is 1. The molecule has 0 radical (unpaired) electrons. The first-order valence-corrected chi connectivity index (χ1v) is 7.66. The molecule has 2 rings (SSSR count). The summed E-state index contributed by atoms with van der Waals surface area (Å²) in [5.41, 5.74) is 0. The molecule has 90 valence electrons. The maximum Gasteiger partial charge on any atom is 0.170 e. The van der Waals surface area contributed by atoms with E-state index in [0.717, 1.165) is 22.1 Å². The predicted octanol–water partition coefficient (Wildman–Crippen LogP) is 2.72. The summed E-state index contributed by atoms with van der Waals surface area (Å²) in [6.45, 7) is 1.95. The van der Waals surface area contributed by atoms with Crippen LogP contribution in [0.15, 0.2) is 4.34 Å². The Balaban J connectivity index is 1.71. The van der Waals surface area contributed by atoms with Gasteiger partial charge < -0.3 is 5.32 Å². The third kappa shape index (κ3) is 3.18. The molecule has 1 aliphatic carbocycles. The van der Waals surface area contributed by atoms with E-state index in [0.29, 0.717) is 0 Å². The Kier molecular flexibility index (Phi) is 4.61. The van der Waals surface area contributed by atoms with Gasteiger partial charge >= 0.3 is 0 Å². The number of aromatic nitrogens is 2. The minimum absolute atomic E-state index is 0.747. The Bertz CT molecular complexity index is 327. The van der Waals surface area contributed by atoms with E-state index in [1.54, 1.807) is 0 Å². The van der Waals surface area contributed by atoms with Gasteiger partial charge in [-0.2, -0.15) is 4.37 Å². The standard InChI is InChI=1S/C11H19N3S2/c1-8-13-11(16-14-8)15-7-6-9-4-3-5-10(9)12-2/h9-10,12H,3-7H2,1-2H3. The van der Waals surface area contributed by atoms with E-state index < -0.39 is 0 Å². The summed E-state index contributed by atoms with van der Waals surface area (Å²) in [5, 5.41) is 3.43. The first-order valence-electron chi connectivity index (χ1n) is 5.90. The fourth-order valence-electron chi connectivity index (χ4n) is 2.40. The molecule has 1 N–H and O–H groups in total. The summed E-state index contributed by atoms with van der Waals surface area (Å²) in [7, 11) is 2.09. The van der Waals surface area contributed by atoms with Gasteiger partial charge in [0.25, 0.3) is 0 Å². The number of thioether (sulfide) groups is 1. The summed E-state index contributed by atoms with van der Waals surface area (Å²) in [6.07, 6.45) is 5.43. The summed E-state index contributed by atoms with van der Waals surface area (Å²) in [6, 6.07) is 0.747. The average molecular weight is 257 g/mol. The van der Waals surface area contributed by atoms with Crippen LogP contribution in [0.25, 0.3) is 0 Å². The Hall–Kier alpha value is -0.130. The molecule has 1 aromatic rings. The van der Waals surface area contributed by atoms with E-state index in [-0.39, 0.29) is 0 Å². The lowest BCUT2D eigenvalue weighted by molar-refractivity contribution is 0.417. The van der Waals surface area contributed by atoms with E-state index in [4.69, 9.17) is 0 Å². The van der Waals surface area contributed by atoms with Gasteiger partial charge in [0.15, 0.2) is 4.34 Å². The Morgan fingerprint density at radius 1 is 1.50 bits per heavy atom. The zero-order valence-corrected chi connectivity index (χ0v) is 11.5.